The first-order valence-electron chi connectivity index (χ1n) is 7.71. The summed E-state index contributed by atoms with van der Waals surface area (Å²) in [5.74, 6) is -0.0373. The molecule has 0 atom stereocenters. The van der Waals surface area contributed by atoms with E-state index in [1.54, 1.807) is 30.0 Å². The smallest absolute Gasteiger partial charge is 0.305 e. The van der Waals surface area contributed by atoms with Gasteiger partial charge >= 0.3 is 5.91 Å². The molecule has 1 heterocycles. The van der Waals surface area contributed by atoms with Crippen molar-refractivity contribution in [1.82, 2.24) is 10.9 Å². The number of halogens is 1. The second-order valence-electron chi connectivity index (χ2n) is 5.35. The molecule has 134 valence electrons. The minimum Gasteiger partial charge on any atom is -0.451 e. The molecule has 3 aromatic rings. The average molecular weight is 389 g/mol. The van der Waals surface area contributed by atoms with Crippen molar-refractivity contribution >= 4 is 51.7 Å². The fourth-order valence-electron chi connectivity index (χ4n) is 2.46. The number of amides is 1. The second-order valence-corrected chi connectivity index (χ2v) is 6.63. The number of thioether (sulfide) groups is 1. The van der Waals surface area contributed by atoms with Crippen LogP contribution in [0.15, 0.2) is 52.9 Å². The Morgan fingerprint density at radius 1 is 1.15 bits per heavy atom. The lowest BCUT2D eigenvalue weighted by atomic mass is 10.1. The number of benzene rings is 2. The van der Waals surface area contributed by atoms with Crippen molar-refractivity contribution in [3.8, 4) is 0 Å². The van der Waals surface area contributed by atoms with Crippen LogP contribution >= 0.6 is 24.0 Å². The maximum Gasteiger partial charge on any atom is 0.305 e. The first-order chi connectivity index (χ1) is 12.6. The van der Waals surface area contributed by atoms with E-state index in [4.69, 9.17) is 16.6 Å². The molecule has 0 saturated carbocycles. The second kappa shape index (κ2) is 8.20. The molecule has 2 aromatic carbocycles. The number of rotatable bonds is 4. The Bertz CT molecular complexity index is 959. The van der Waals surface area contributed by atoms with E-state index in [2.05, 4.69) is 16.2 Å². The van der Waals surface area contributed by atoms with Gasteiger partial charge in [-0.2, -0.15) is 11.8 Å². The number of para-hydroxylation sites is 2. The Balaban J connectivity index is 1.70. The van der Waals surface area contributed by atoms with Crippen molar-refractivity contribution in [2.75, 3.05) is 11.6 Å². The van der Waals surface area contributed by atoms with Crippen LogP contribution in [0.1, 0.15) is 16.1 Å². The van der Waals surface area contributed by atoms with Gasteiger partial charge in [-0.3, -0.25) is 15.6 Å². The van der Waals surface area contributed by atoms with Crippen molar-refractivity contribution in [2.24, 2.45) is 0 Å². The summed E-state index contributed by atoms with van der Waals surface area (Å²) in [6.45, 7) is 0. The Morgan fingerprint density at radius 3 is 2.65 bits per heavy atom. The zero-order chi connectivity index (χ0) is 18.5. The van der Waals surface area contributed by atoms with Crippen LogP contribution in [0.3, 0.4) is 0 Å². The zero-order valence-electron chi connectivity index (χ0n) is 13.8. The highest BCUT2D eigenvalue weighted by Crippen LogP contribution is 2.28. The Labute approximate surface area is 159 Å². The third-order valence-corrected chi connectivity index (χ3v) is 4.39. The van der Waals surface area contributed by atoms with E-state index >= 15 is 0 Å². The van der Waals surface area contributed by atoms with Crippen LogP contribution in [0.5, 0.6) is 0 Å². The van der Waals surface area contributed by atoms with E-state index in [0.29, 0.717) is 11.3 Å². The summed E-state index contributed by atoms with van der Waals surface area (Å²) in [5.41, 5.74) is 6.72. The number of hydrazine groups is 1. The largest absolute Gasteiger partial charge is 0.451 e. The molecule has 0 bridgehead atoms. The lowest BCUT2D eigenvalue weighted by Crippen LogP contribution is -2.44. The third kappa shape index (κ3) is 3.97. The van der Waals surface area contributed by atoms with Crippen LogP contribution in [0, 0.1) is 5.82 Å². The van der Waals surface area contributed by atoms with Crippen molar-refractivity contribution < 1.29 is 13.6 Å². The van der Waals surface area contributed by atoms with Gasteiger partial charge in [-0.1, -0.05) is 30.3 Å². The van der Waals surface area contributed by atoms with Crippen molar-refractivity contribution in [3.05, 3.63) is 65.7 Å². The fraction of sp³-hybridized carbons (Fsp3) is 0.111. The Kier molecular flexibility index (Phi) is 5.75. The predicted molar refractivity (Wildman–Crippen MR) is 107 cm³/mol. The van der Waals surface area contributed by atoms with Crippen LogP contribution in [0.4, 0.5) is 10.1 Å². The topological polar surface area (TPSA) is 66.3 Å². The maximum absolute atomic E-state index is 13.6. The zero-order valence-corrected chi connectivity index (χ0v) is 15.5. The number of thiocarbonyl (C=S) groups is 1. The van der Waals surface area contributed by atoms with Crippen LogP contribution in [-0.4, -0.2) is 17.3 Å². The summed E-state index contributed by atoms with van der Waals surface area (Å²) in [6.07, 6.45) is 1.95. The number of fused-ring (bicyclic) bond motifs is 1. The molecular formula is C18H16FN3O2S2. The minimum atomic E-state index is -0.456. The summed E-state index contributed by atoms with van der Waals surface area (Å²) in [4.78, 5) is 12.5. The summed E-state index contributed by atoms with van der Waals surface area (Å²) in [5, 5.41) is 3.64. The monoisotopic (exact) mass is 389 g/mol. The van der Waals surface area contributed by atoms with Crippen LogP contribution in [-0.2, 0) is 5.75 Å². The van der Waals surface area contributed by atoms with Gasteiger partial charge in [0, 0.05) is 16.7 Å². The molecule has 3 N–H and O–H groups in total. The van der Waals surface area contributed by atoms with Gasteiger partial charge in [0.25, 0.3) is 0 Å². The van der Waals surface area contributed by atoms with Crippen molar-refractivity contribution in [3.63, 3.8) is 0 Å². The van der Waals surface area contributed by atoms with Crippen LogP contribution in [0.2, 0.25) is 0 Å². The number of anilines is 1. The van der Waals surface area contributed by atoms with Gasteiger partial charge in [-0.15, -0.1) is 0 Å². The molecule has 26 heavy (non-hydrogen) atoms. The number of hydrogen-bond donors (Lipinski definition) is 3. The van der Waals surface area contributed by atoms with Gasteiger partial charge in [0.1, 0.15) is 11.4 Å². The highest BCUT2D eigenvalue weighted by atomic mass is 32.2. The third-order valence-electron chi connectivity index (χ3n) is 3.60. The highest BCUT2D eigenvalue weighted by Gasteiger charge is 2.20. The fourth-order valence-corrected chi connectivity index (χ4v) is 3.19. The molecule has 0 spiro atoms. The molecule has 3 rings (SSSR count). The van der Waals surface area contributed by atoms with E-state index in [9.17, 15) is 9.18 Å². The van der Waals surface area contributed by atoms with Gasteiger partial charge in [-0.25, -0.2) is 4.39 Å². The highest BCUT2D eigenvalue weighted by molar-refractivity contribution is 7.97. The maximum atomic E-state index is 13.6. The molecule has 8 heteroatoms. The number of hydrogen-bond acceptors (Lipinski definition) is 4. The van der Waals surface area contributed by atoms with Gasteiger partial charge in [-0.05, 0) is 36.7 Å². The molecule has 0 unspecified atom stereocenters. The molecule has 0 saturated heterocycles. The van der Waals surface area contributed by atoms with Crippen molar-refractivity contribution in [1.29, 1.82) is 0 Å². The van der Waals surface area contributed by atoms with E-state index in [1.165, 1.54) is 6.07 Å². The van der Waals surface area contributed by atoms with E-state index in [0.717, 1.165) is 10.9 Å². The molecule has 1 aromatic heterocycles. The van der Waals surface area contributed by atoms with Crippen molar-refractivity contribution in [2.45, 2.75) is 5.75 Å². The lowest BCUT2D eigenvalue weighted by molar-refractivity contribution is 0.0917. The lowest BCUT2D eigenvalue weighted by Gasteiger charge is -2.11. The van der Waals surface area contributed by atoms with Gasteiger partial charge in [0.05, 0.1) is 5.69 Å². The minimum absolute atomic E-state index is 0.0611. The van der Waals surface area contributed by atoms with Gasteiger partial charge in [0.2, 0.25) is 0 Å². The summed E-state index contributed by atoms with van der Waals surface area (Å²) < 4.78 is 19.3. The molecule has 0 aliphatic rings. The van der Waals surface area contributed by atoms with E-state index in [-0.39, 0.29) is 16.6 Å². The number of nitrogens with one attached hydrogen (secondary N) is 3. The predicted octanol–water partition coefficient (Wildman–Crippen LogP) is 4.07. The first-order valence-corrected chi connectivity index (χ1v) is 9.51. The standard InChI is InChI=1S/C18H16FN3O2S2/c1-26-10-12-11-6-2-5-9-15(11)24-16(12)17(23)21-22-18(25)20-14-8-4-3-7-13(14)19/h2-9H,10H2,1H3,(H,21,23)(H2,20,22,25). The van der Waals surface area contributed by atoms with Gasteiger partial charge < -0.3 is 9.73 Å². The Hall–Kier alpha value is -2.58. The van der Waals surface area contributed by atoms with Gasteiger partial charge in [0.15, 0.2) is 10.9 Å². The summed E-state index contributed by atoms with van der Waals surface area (Å²) >= 11 is 6.67. The van der Waals surface area contributed by atoms with Crippen LogP contribution in [0.25, 0.3) is 11.0 Å². The molecule has 0 radical (unpaired) electrons. The molecular weight excluding hydrogens is 373 g/mol. The Morgan fingerprint density at radius 2 is 1.88 bits per heavy atom. The SMILES string of the molecule is CSCc1c(C(=O)NNC(=S)Nc2ccccc2F)oc2ccccc12. The van der Waals surface area contributed by atoms with Crippen LogP contribution < -0.4 is 16.2 Å². The molecule has 0 aliphatic carbocycles. The molecule has 0 fully saturated rings. The number of furan rings is 1. The summed E-state index contributed by atoms with van der Waals surface area (Å²) in [7, 11) is 0. The molecule has 1 amide bonds. The first kappa shape index (κ1) is 18.2. The quantitative estimate of drug-likeness (QED) is 0.462. The average Bonchev–Trinajstić information content (AvgIpc) is 3.01. The van der Waals surface area contributed by atoms with E-state index in [1.807, 2.05) is 30.5 Å². The molecule has 0 aliphatic heterocycles. The normalized spacial score (nSPS) is 10.5. The summed E-state index contributed by atoms with van der Waals surface area (Å²) in [6, 6.07) is 13.6. The van der Waals surface area contributed by atoms with E-state index < -0.39 is 11.7 Å². The molecule has 5 nitrogen and oxygen atoms in total. The number of carbonyl (C=O) groups excluding carboxylic acids is 1. The number of carbonyl (C=O) groups is 1.